The Morgan fingerprint density at radius 3 is 2.21 bits per heavy atom. The number of allylic oxidation sites excluding steroid dienone is 7. The monoisotopic (exact) mass is 722 g/mol. The lowest BCUT2D eigenvalue weighted by atomic mass is 9.81. The van der Waals surface area contributed by atoms with Crippen LogP contribution in [0.1, 0.15) is 73.5 Å². The SMILES string of the molecule is C1=C(C2=CCCCC2)C=C(n2c3ccccc3c3cc(C4=CC5c6ccccc6N(c6cccc(-c7ccccc7)c6)C5CC4)ccc32)CC1c1ccccc1. The van der Waals surface area contributed by atoms with Crippen molar-refractivity contribution >= 4 is 44.5 Å². The minimum absolute atomic E-state index is 0.342. The summed E-state index contributed by atoms with van der Waals surface area (Å²) in [5.74, 6) is 0.688. The molecule has 0 radical (unpaired) electrons. The van der Waals surface area contributed by atoms with Gasteiger partial charge in [0.1, 0.15) is 0 Å². The van der Waals surface area contributed by atoms with Crippen LogP contribution < -0.4 is 4.90 Å². The third kappa shape index (κ3) is 5.70. The molecule has 7 aromatic rings. The fourth-order valence-electron chi connectivity index (χ4n) is 10.3. The van der Waals surface area contributed by atoms with E-state index in [9.17, 15) is 0 Å². The molecule has 272 valence electrons. The highest BCUT2D eigenvalue weighted by molar-refractivity contribution is 6.11. The number of para-hydroxylation sites is 2. The Balaban J connectivity index is 0.981. The molecule has 2 nitrogen and oxygen atoms in total. The lowest BCUT2D eigenvalue weighted by Gasteiger charge is -2.33. The molecule has 11 rings (SSSR count). The maximum Gasteiger partial charge on any atom is 0.0538 e. The molecule has 2 heterocycles. The predicted octanol–water partition coefficient (Wildman–Crippen LogP) is 14.4. The average Bonchev–Trinajstić information content (AvgIpc) is 3.79. The van der Waals surface area contributed by atoms with Crippen molar-refractivity contribution in [2.24, 2.45) is 0 Å². The summed E-state index contributed by atoms with van der Waals surface area (Å²) in [6.07, 6.45) is 18.3. The topological polar surface area (TPSA) is 8.17 Å². The molecule has 56 heavy (non-hydrogen) atoms. The van der Waals surface area contributed by atoms with Crippen molar-refractivity contribution < 1.29 is 0 Å². The molecule has 0 saturated carbocycles. The lowest BCUT2D eigenvalue weighted by molar-refractivity contribution is 0.572. The van der Waals surface area contributed by atoms with E-state index < -0.39 is 0 Å². The molecule has 0 bridgehead atoms. The summed E-state index contributed by atoms with van der Waals surface area (Å²) < 4.78 is 2.58. The second-order valence-corrected chi connectivity index (χ2v) is 16.2. The smallest absolute Gasteiger partial charge is 0.0538 e. The number of fused-ring (bicyclic) bond motifs is 6. The van der Waals surface area contributed by atoms with E-state index in [0.717, 1.165) is 19.3 Å². The molecule has 4 aliphatic rings. The van der Waals surface area contributed by atoms with Crippen molar-refractivity contribution in [1.29, 1.82) is 0 Å². The molecular formula is C54H46N2. The first-order valence-electron chi connectivity index (χ1n) is 20.7. The van der Waals surface area contributed by atoms with E-state index in [1.807, 2.05) is 0 Å². The van der Waals surface area contributed by atoms with E-state index in [-0.39, 0.29) is 0 Å². The highest BCUT2D eigenvalue weighted by Gasteiger charge is 2.40. The number of aromatic nitrogens is 1. The van der Waals surface area contributed by atoms with Crippen LogP contribution in [-0.4, -0.2) is 10.6 Å². The molecule has 3 atom stereocenters. The highest BCUT2D eigenvalue weighted by Crippen LogP contribution is 2.52. The Hall–Kier alpha value is -6.12. The Labute approximate surface area is 330 Å². The van der Waals surface area contributed by atoms with Crippen LogP contribution in [0.25, 0.3) is 44.2 Å². The minimum atomic E-state index is 0.342. The molecule has 3 aliphatic carbocycles. The van der Waals surface area contributed by atoms with Gasteiger partial charge in [0, 0.05) is 45.7 Å². The Morgan fingerprint density at radius 2 is 1.34 bits per heavy atom. The molecule has 3 unspecified atom stereocenters. The number of anilines is 2. The molecular weight excluding hydrogens is 677 g/mol. The van der Waals surface area contributed by atoms with Crippen LogP contribution >= 0.6 is 0 Å². The van der Waals surface area contributed by atoms with Crippen LogP contribution in [0.3, 0.4) is 0 Å². The van der Waals surface area contributed by atoms with Crippen molar-refractivity contribution in [1.82, 2.24) is 4.57 Å². The number of hydrogen-bond acceptors (Lipinski definition) is 1. The summed E-state index contributed by atoms with van der Waals surface area (Å²) in [6.45, 7) is 0. The largest absolute Gasteiger partial charge is 0.337 e. The van der Waals surface area contributed by atoms with Crippen molar-refractivity contribution in [3.05, 3.63) is 204 Å². The van der Waals surface area contributed by atoms with Crippen LogP contribution in [0.4, 0.5) is 11.4 Å². The Morgan fingerprint density at radius 1 is 0.554 bits per heavy atom. The van der Waals surface area contributed by atoms with Crippen molar-refractivity contribution in [3.8, 4) is 11.1 Å². The van der Waals surface area contributed by atoms with Gasteiger partial charge in [-0.25, -0.2) is 0 Å². The van der Waals surface area contributed by atoms with Crippen molar-refractivity contribution in [3.63, 3.8) is 0 Å². The molecule has 1 aromatic heterocycles. The Bertz CT molecular complexity index is 2740. The van der Waals surface area contributed by atoms with Gasteiger partial charge in [-0.05, 0) is 132 Å². The van der Waals surface area contributed by atoms with Crippen LogP contribution in [0.5, 0.6) is 0 Å². The number of benzene rings is 6. The van der Waals surface area contributed by atoms with Gasteiger partial charge < -0.3 is 9.47 Å². The third-order valence-electron chi connectivity index (χ3n) is 13.0. The highest BCUT2D eigenvalue weighted by atomic mass is 15.2. The van der Waals surface area contributed by atoms with Gasteiger partial charge in [-0.2, -0.15) is 0 Å². The number of rotatable bonds is 6. The average molecular weight is 723 g/mol. The molecule has 6 aromatic carbocycles. The number of nitrogens with zero attached hydrogens (tertiary/aromatic N) is 2. The summed E-state index contributed by atoms with van der Waals surface area (Å²) in [5.41, 5.74) is 17.7. The summed E-state index contributed by atoms with van der Waals surface area (Å²) in [4.78, 5) is 2.63. The first-order valence-corrected chi connectivity index (χ1v) is 20.7. The lowest BCUT2D eigenvalue weighted by Crippen LogP contribution is -2.31. The van der Waals surface area contributed by atoms with Gasteiger partial charge in [-0.3, -0.25) is 0 Å². The van der Waals surface area contributed by atoms with E-state index in [4.69, 9.17) is 0 Å². The first-order chi connectivity index (χ1) is 27.8. The van der Waals surface area contributed by atoms with Crippen LogP contribution in [0.15, 0.2) is 187 Å². The van der Waals surface area contributed by atoms with E-state index in [1.165, 1.54) is 109 Å². The van der Waals surface area contributed by atoms with Crippen LogP contribution in [0.2, 0.25) is 0 Å². The van der Waals surface area contributed by atoms with Crippen LogP contribution in [-0.2, 0) is 0 Å². The Kier molecular flexibility index (Phi) is 8.23. The van der Waals surface area contributed by atoms with Gasteiger partial charge in [0.25, 0.3) is 0 Å². The zero-order valence-electron chi connectivity index (χ0n) is 31.8. The normalized spacial score (nSPS) is 20.6. The van der Waals surface area contributed by atoms with Crippen molar-refractivity contribution in [2.75, 3.05) is 4.90 Å². The van der Waals surface area contributed by atoms with Gasteiger partial charge in [-0.15, -0.1) is 0 Å². The standard InChI is InChI=1S/C54H46N2/c1-4-15-37(16-5-1)40-21-14-22-45(32-40)55-51-25-12-10-23-47(51)49-35-41(27-29-53(49)55)42-28-30-54-50(36-42)48-24-11-13-26-52(48)56(54)46-33-43(38-17-6-2-7-18-38)31-44(34-46)39-19-8-3-9-20-39/h1-2,4-7,10-19,21-26,28,30-32,34-36,43,49,53H,3,8-9,20,27,29,33H2. The van der Waals surface area contributed by atoms with Gasteiger partial charge in [0.15, 0.2) is 0 Å². The maximum absolute atomic E-state index is 2.63. The van der Waals surface area contributed by atoms with Gasteiger partial charge in [0.05, 0.1) is 11.0 Å². The van der Waals surface area contributed by atoms with Gasteiger partial charge in [-0.1, -0.05) is 133 Å². The predicted molar refractivity (Wildman–Crippen MR) is 236 cm³/mol. The van der Waals surface area contributed by atoms with E-state index in [0.29, 0.717) is 17.9 Å². The quantitative estimate of drug-likeness (QED) is 0.166. The van der Waals surface area contributed by atoms with Crippen molar-refractivity contribution in [2.45, 2.75) is 62.8 Å². The molecule has 0 N–H and O–H groups in total. The van der Waals surface area contributed by atoms with Crippen LogP contribution in [0, 0.1) is 0 Å². The fraction of sp³-hybridized carbons (Fsp3) is 0.185. The zero-order valence-corrected chi connectivity index (χ0v) is 31.8. The maximum atomic E-state index is 2.63. The molecule has 2 heteroatoms. The van der Waals surface area contributed by atoms with E-state index in [1.54, 1.807) is 0 Å². The molecule has 1 aliphatic heterocycles. The first kappa shape index (κ1) is 33.2. The van der Waals surface area contributed by atoms with E-state index >= 15 is 0 Å². The molecule has 0 spiro atoms. The summed E-state index contributed by atoms with van der Waals surface area (Å²) in [6, 6.07) is 56.9. The molecule has 0 fully saturated rings. The second kappa shape index (κ2) is 13.9. The summed E-state index contributed by atoms with van der Waals surface area (Å²) in [7, 11) is 0. The summed E-state index contributed by atoms with van der Waals surface area (Å²) >= 11 is 0. The van der Waals surface area contributed by atoms with Gasteiger partial charge in [0.2, 0.25) is 0 Å². The van der Waals surface area contributed by atoms with E-state index in [2.05, 4.69) is 185 Å². The molecule has 0 amide bonds. The minimum Gasteiger partial charge on any atom is -0.337 e. The molecule has 0 saturated heterocycles. The third-order valence-corrected chi connectivity index (χ3v) is 13.0. The summed E-state index contributed by atoms with van der Waals surface area (Å²) in [5, 5.41) is 2.68. The zero-order chi connectivity index (χ0) is 37.0. The van der Waals surface area contributed by atoms with Gasteiger partial charge >= 0.3 is 0 Å². The second-order valence-electron chi connectivity index (χ2n) is 16.2. The number of hydrogen-bond donors (Lipinski definition) is 0. The fourth-order valence-corrected chi connectivity index (χ4v) is 10.3.